The third kappa shape index (κ3) is 15.0. The maximum Gasteiger partial charge on any atom is -0.0134 e. The summed E-state index contributed by atoms with van der Waals surface area (Å²) in [6, 6.07) is 97.0. The Morgan fingerprint density at radius 1 is 0.180 bits per heavy atom. The van der Waals surface area contributed by atoms with Crippen LogP contribution in [0.1, 0.15) is 0 Å². The van der Waals surface area contributed by atoms with Crippen molar-refractivity contribution in [2.75, 3.05) is 0 Å². The van der Waals surface area contributed by atoms with Gasteiger partial charge in [0, 0.05) is 0 Å². The average Bonchev–Trinajstić information content (AvgIpc) is 3.33. The molecule has 61 heavy (non-hydrogen) atoms. The van der Waals surface area contributed by atoms with Crippen molar-refractivity contribution in [1.29, 1.82) is 0 Å². The summed E-state index contributed by atoms with van der Waals surface area (Å²) >= 11 is -1.57. The van der Waals surface area contributed by atoms with Gasteiger partial charge in [0.15, 0.2) is 0 Å². The Labute approximate surface area is 383 Å². The molecule has 307 valence electrons. The Bertz CT molecular complexity index is 1930. The molecular formula is C54H45Cl3P3Pd. The summed E-state index contributed by atoms with van der Waals surface area (Å²) < 4.78 is 0. The zero-order chi connectivity index (χ0) is 42.3. The number of hydrogen-bond donors (Lipinski definition) is 0. The molecule has 0 amide bonds. The maximum atomic E-state index is 4.92. The Balaban J connectivity index is 0.000000146. The fourth-order valence-corrected chi connectivity index (χ4v) is 13.5. The van der Waals surface area contributed by atoms with E-state index in [2.05, 4.69) is 273 Å². The molecule has 0 fully saturated rings. The number of benzene rings is 9. The monoisotopic (exact) mass is 997 g/mol. The first kappa shape index (κ1) is 46.3. The SMILES string of the molecule is [Cl][Pd]([Cl])[Cl].c1ccc(P(c2ccccc2)c2ccccc2)cc1.c1ccc(P(c2ccccc2)c2ccccc2)cc1.c1ccc(P(c2ccccc2)c2ccccc2)cc1. The van der Waals surface area contributed by atoms with Crippen LogP contribution in [-0.2, 0) is 13.7 Å². The van der Waals surface area contributed by atoms with Gasteiger partial charge in [0.2, 0.25) is 0 Å². The molecule has 0 aliphatic carbocycles. The molecule has 0 nitrogen and oxygen atoms in total. The molecule has 0 atom stereocenters. The van der Waals surface area contributed by atoms with Crippen LogP contribution in [0.25, 0.3) is 0 Å². The molecule has 9 aromatic carbocycles. The Kier molecular flexibility index (Phi) is 20.0. The van der Waals surface area contributed by atoms with Crippen molar-refractivity contribution < 1.29 is 13.7 Å². The third-order valence-corrected chi connectivity index (χ3v) is 16.5. The molecule has 0 unspecified atom stereocenters. The molecule has 0 aliphatic heterocycles. The summed E-state index contributed by atoms with van der Waals surface area (Å²) in [5.74, 6) is 0. The molecule has 0 heterocycles. The first-order chi connectivity index (χ1) is 30.1. The zero-order valence-electron chi connectivity index (χ0n) is 33.3. The van der Waals surface area contributed by atoms with Gasteiger partial charge in [0.1, 0.15) is 0 Å². The summed E-state index contributed by atoms with van der Waals surface area (Å²) in [4.78, 5) is 0. The molecule has 0 saturated heterocycles. The van der Waals surface area contributed by atoms with E-state index >= 15 is 0 Å². The van der Waals surface area contributed by atoms with Crippen LogP contribution >= 0.6 is 52.4 Å². The van der Waals surface area contributed by atoms with Gasteiger partial charge in [-0.1, -0.05) is 273 Å². The molecule has 0 saturated carbocycles. The normalized spacial score (nSPS) is 10.6. The first-order valence-electron chi connectivity index (χ1n) is 19.6. The minimum absolute atomic E-state index is 0.446. The van der Waals surface area contributed by atoms with E-state index in [-0.39, 0.29) is 0 Å². The van der Waals surface area contributed by atoms with Crippen molar-refractivity contribution in [3.05, 3.63) is 273 Å². The standard InChI is InChI=1S/3C18H15P.3ClH.Pd/c3*1-4-10-16(11-5-1)19(17-12-6-2-7-13-17)18-14-8-3-9-15-18;;;;/h3*1-15H;3*1H;/q;;;;;;+3/p-3. The summed E-state index contributed by atoms with van der Waals surface area (Å²) in [6.07, 6.45) is 0. The average molecular weight is 1000 g/mol. The topological polar surface area (TPSA) is 0 Å². The van der Waals surface area contributed by atoms with Crippen LogP contribution in [0, 0.1) is 0 Å². The third-order valence-electron chi connectivity index (χ3n) is 9.13. The van der Waals surface area contributed by atoms with Crippen LogP contribution in [0.5, 0.6) is 0 Å². The van der Waals surface area contributed by atoms with Crippen molar-refractivity contribution in [3.63, 3.8) is 0 Å². The second-order valence-electron chi connectivity index (χ2n) is 13.2. The number of rotatable bonds is 9. The predicted molar refractivity (Wildman–Crippen MR) is 273 cm³/mol. The molecule has 0 N–H and O–H groups in total. The summed E-state index contributed by atoms with van der Waals surface area (Å²) in [7, 11) is 13.4. The van der Waals surface area contributed by atoms with E-state index < -0.39 is 37.5 Å². The van der Waals surface area contributed by atoms with Gasteiger partial charge in [-0.25, -0.2) is 0 Å². The van der Waals surface area contributed by atoms with Crippen LogP contribution in [0.3, 0.4) is 0 Å². The van der Waals surface area contributed by atoms with E-state index in [1.165, 1.54) is 47.7 Å². The molecular weight excluding hydrogens is 954 g/mol. The zero-order valence-corrected chi connectivity index (χ0v) is 39.8. The van der Waals surface area contributed by atoms with Gasteiger partial charge in [0.05, 0.1) is 0 Å². The van der Waals surface area contributed by atoms with Gasteiger partial charge in [0.25, 0.3) is 0 Å². The fourth-order valence-electron chi connectivity index (χ4n) is 6.54. The second-order valence-corrected chi connectivity index (χ2v) is 26.9. The van der Waals surface area contributed by atoms with E-state index in [0.29, 0.717) is 0 Å². The van der Waals surface area contributed by atoms with Gasteiger partial charge in [-0.2, -0.15) is 0 Å². The van der Waals surface area contributed by atoms with Gasteiger partial charge in [-0.05, 0) is 71.5 Å². The van der Waals surface area contributed by atoms with Crippen LogP contribution < -0.4 is 47.7 Å². The second kappa shape index (κ2) is 26.3. The quantitative estimate of drug-likeness (QED) is 0.0999. The van der Waals surface area contributed by atoms with Crippen molar-refractivity contribution >= 4 is 100 Å². The van der Waals surface area contributed by atoms with Crippen molar-refractivity contribution in [3.8, 4) is 0 Å². The number of hydrogen-bond acceptors (Lipinski definition) is 0. The van der Waals surface area contributed by atoms with E-state index in [1.807, 2.05) is 0 Å². The van der Waals surface area contributed by atoms with Crippen molar-refractivity contribution in [2.24, 2.45) is 0 Å². The molecule has 0 aliphatic rings. The van der Waals surface area contributed by atoms with Crippen LogP contribution in [0.2, 0.25) is 0 Å². The first-order valence-corrected chi connectivity index (χ1v) is 29.6. The minimum Gasteiger partial charge on any atom is -0.0622 e. The van der Waals surface area contributed by atoms with Crippen LogP contribution in [0.15, 0.2) is 273 Å². The molecule has 0 aromatic heterocycles. The molecule has 0 spiro atoms. The largest absolute Gasteiger partial charge is 0.0622 e. The minimum atomic E-state index is -1.57. The molecule has 9 rings (SSSR count). The predicted octanol–water partition coefficient (Wildman–Crippen LogP) is 12.4. The van der Waals surface area contributed by atoms with E-state index in [9.17, 15) is 0 Å². The molecule has 0 bridgehead atoms. The molecule has 9 aromatic rings. The Morgan fingerprint density at radius 3 is 0.344 bits per heavy atom. The smallest absolute Gasteiger partial charge is 0.0134 e. The molecule has 7 heteroatoms. The van der Waals surface area contributed by atoms with Gasteiger partial charge in [-0.15, -0.1) is 0 Å². The van der Waals surface area contributed by atoms with Crippen molar-refractivity contribution in [1.82, 2.24) is 0 Å². The van der Waals surface area contributed by atoms with Crippen LogP contribution in [0.4, 0.5) is 0 Å². The van der Waals surface area contributed by atoms with E-state index in [1.54, 1.807) is 0 Å². The van der Waals surface area contributed by atoms with Gasteiger partial charge in [-0.3, -0.25) is 0 Å². The maximum absolute atomic E-state index is 4.92. The van der Waals surface area contributed by atoms with Gasteiger partial charge >= 0.3 is 42.3 Å². The van der Waals surface area contributed by atoms with Crippen molar-refractivity contribution in [2.45, 2.75) is 0 Å². The van der Waals surface area contributed by atoms with E-state index in [4.69, 9.17) is 28.6 Å². The van der Waals surface area contributed by atoms with E-state index in [0.717, 1.165) is 0 Å². The Morgan fingerprint density at radius 2 is 0.262 bits per heavy atom. The molecule has 0 radical (unpaired) electrons. The summed E-state index contributed by atoms with van der Waals surface area (Å²) in [5, 5.41) is 12.6. The summed E-state index contributed by atoms with van der Waals surface area (Å²) in [5.41, 5.74) is 0. The van der Waals surface area contributed by atoms with Crippen LogP contribution in [-0.4, -0.2) is 0 Å². The fraction of sp³-hybridized carbons (Fsp3) is 0. The Hall–Kier alpha value is -4.20. The summed E-state index contributed by atoms with van der Waals surface area (Å²) in [6.45, 7) is 0. The number of halogens is 3. The van der Waals surface area contributed by atoms with Gasteiger partial charge < -0.3 is 0 Å².